The van der Waals surface area contributed by atoms with Gasteiger partial charge < -0.3 is 10.0 Å². The average Bonchev–Trinajstić information content (AvgIpc) is 2.35. The van der Waals surface area contributed by atoms with Crippen LogP contribution in [-0.4, -0.2) is 30.7 Å². The molecule has 1 atom stereocenters. The number of hydrogen-bond acceptors (Lipinski definition) is 2. The molecule has 2 rings (SSSR count). The zero-order valence-corrected chi connectivity index (χ0v) is 12.5. The first-order chi connectivity index (χ1) is 9.13. The smallest absolute Gasteiger partial charge is 0.0505 e. The molecular formula is C17H27NO. The summed E-state index contributed by atoms with van der Waals surface area (Å²) in [5.41, 5.74) is 2.84. The Hall–Kier alpha value is -0.860. The van der Waals surface area contributed by atoms with Gasteiger partial charge in [-0.15, -0.1) is 0 Å². The van der Waals surface area contributed by atoms with Crippen LogP contribution in [0.2, 0.25) is 0 Å². The maximum atomic E-state index is 9.83. The van der Waals surface area contributed by atoms with Crippen molar-refractivity contribution in [2.75, 3.05) is 20.7 Å². The highest BCUT2D eigenvalue weighted by molar-refractivity contribution is 5.27. The van der Waals surface area contributed by atoms with Gasteiger partial charge in [-0.3, -0.25) is 0 Å². The number of hydrogen-bond donors (Lipinski definition) is 1. The second-order valence-corrected chi connectivity index (χ2v) is 6.23. The van der Waals surface area contributed by atoms with Crippen molar-refractivity contribution < 1.29 is 5.11 Å². The van der Waals surface area contributed by atoms with Crippen LogP contribution in [0.1, 0.15) is 49.8 Å². The zero-order valence-electron chi connectivity index (χ0n) is 12.5. The van der Waals surface area contributed by atoms with E-state index in [1.807, 2.05) is 0 Å². The molecule has 0 radical (unpaired) electrons. The molecule has 1 saturated carbocycles. The predicted octanol–water partition coefficient (Wildman–Crippen LogP) is 3.40. The van der Waals surface area contributed by atoms with Crippen LogP contribution in [-0.2, 0) is 6.42 Å². The van der Waals surface area contributed by atoms with Gasteiger partial charge in [0, 0.05) is 11.5 Å². The van der Waals surface area contributed by atoms with Gasteiger partial charge in [-0.1, -0.05) is 44.0 Å². The van der Waals surface area contributed by atoms with Gasteiger partial charge in [0.15, 0.2) is 0 Å². The molecule has 1 unspecified atom stereocenters. The van der Waals surface area contributed by atoms with Gasteiger partial charge in [0.05, 0.1) is 6.61 Å². The Balaban J connectivity index is 2.24. The molecule has 0 spiro atoms. The van der Waals surface area contributed by atoms with Crippen LogP contribution < -0.4 is 0 Å². The molecule has 1 aromatic carbocycles. The van der Waals surface area contributed by atoms with Gasteiger partial charge in [0.25, 0.3) is 0 Å². The summed E-state index contributed by atoms with van der Waals surface area (Å²) in [7, 11) is 4.25. The van der Waals surface area contributed by atoms with Crippen molar-refractivity contribution in [2.24, 2.45) is 5.41 Å². The van der Waals surface area contributed by atoms with Gasteiger partial charge in [0.1, 0.15) is 0 Å². The number of aliphatic hydroxyl groups is 1. The minimum Gasteiger partial charge on any atom is -0.396 e. The lowest BCUT2D eigenvalue weighted by Gasteiger charge is -2.49. The monoisotopic (exact) mass is 261 g/mol. The highest BCUT2D eigenvalue weighted by atomic mass is 16.3. The molecule has 1 fully saturated rings. The van der Waals surface area contributed by atoms with Gasteiger partial charge in [-0.25, -0.2) is 0 Å². The Bertz CT molecular complexity index is 387. The summed E-state index contributed by atoms with van der Waals surface area (Å²) in [6.07, 6.45) is 5.88. The van der Waals surface area contributed by atoms with Crippen LogP contribution in [0.3, 0.4) is 0 Å². The first kappa shape index (κ1) is 14.5. The number of rotatable bonds is 6. The zero-order chi connectivity index (χ0) is 13.9. The summed E-state index contributed by atoms with van der Waals surface area (Å²) in [6, 6.07) is 9.34. The number of benzene rings is 1. The Morgan fingerprint density at radius 3 is 2.21 bits per heavy atom. The molecule has 0 amide bonds. The van der Waals surface area contributed by atoms with Crippen molar-refractivity contribution in [3.8, 4) is 0 Å². The van der Waals surface area contributed by atoms with Crippen LogP contribution >= 0.6 is 0 Å². The maximum Gasteiger partial charge on any atom is 0.0505 e. The van der Waals surface area contributed by atoms with Gasteiger partial charge in [0.2, 0.25) is 0 Å². The van der Waals surface area contributed by atoms with Crippen molar-refractivity contribution in [1.82, 2.24) is 4.90 Å². The minimum atomic E-state index is 0.0791. The quantitative estimate of drug-likeness (QED) is 0.848. The third kappa shape index (κ3) is 2.85. The summed E-state index contributed by atoms with van der Waals surface area (Å²) in [6.45, 7) is 2.51. The molecule has 19 heavy (non-hydrogen) atoms. The first-order valence-corrected chi connectivity index (χ1v) is 7.49. The molecule has 0 bridgehead atoms. The molecule has 106 valence electrons. The fourth-order valence-corrected chi connectivity index (χ4v) is 3.50. The van der Waals surface area contributed by atoms with E-state index in [0.717, 1.165) is 19.3 Å². The van der Waals surface area contributed by atoms with Crippen molar-refractivity contribution in [1.29, 1.82) is 0 Å². The van der Waals surface area contributed by atoms with E-state index < -0.39 is 0 Å². The van der Waals surface area contributed by atoms with Crippen LogP contribution in [0.5, 0.6) is 0 Å². The topological polar surface area (TPSA) is 23.5 Å². The summed E-state index contributed by atoms with van der Waals surface area (Å²) in [5, 5.41) is 9.83. The molecule has 0 heterocycles. The Morgan fingerprint density at radius 2 is 1.84 bits per heavy atom. The Labute approximate surface area is 117 Å². The fourth-order valence-electron chi connectivity index (χ4n) is 3.50. The van der Waals surface area contributed by atoms with Crippen LogP contribution in [0.4, 0.5) is 0 Å². The summed E-state index contributed by atoms with van der Waals surface area (Å²) < 4.78 is 0. The highest BCUT2D eigenvalue weighted by Crippen LogP contribution is 2.51. The molecule has 0 aromatic heterocycles. The molecule has 2 nitrogen and oxygen atoms in total. The van der Waals surface area contributed by atoms with E-state index in [2.05, 4.69) is 50.2 Å². The Morgan fingerprint density at radius 1 is 1.21 bits per heavy atom. The minimum absolute atomic E-state index is 0.0791. The normalized spacial score (nSPS) is 19.2. The van der Waals surface area contributed by atoms with E-state index in [1.54, 1.807) is 0 Å². The summed E-state index contributed by atoms with van der Waals surface area (Å²) in [4.78, 5) is 2.27. The predicted molar refractivity (Wildman–Crippen MR) is 80.2 cm³/mol. The second-order valence-electron chi connectivity index (χ2n) is 6.23. The SMILES string of the molecule is CCCc1ccc(C(N(C)C)C2(CO)CCC2)cc1. The van der Waals surface area contributed by atoms with Gasteiger partial charge >= 0.3 is 0 Å². The second kappa shape index (κ2) is 6.06. The first-order valence-electron chi connectivity index (χ1n) is 7.49. The third-order valence-corrected chi connectivity index (χ3v) is 4.59. The molecular weight excluding hydrogens is 234 g/mol. The molecule has 1 N–H and O–H groups in total. The lowest BCUT2D eigenvalue weighted by atomic mass is 9.62. The van der Waals surface area contributed by atoms with E-state index in [4.69, 9.17) is 0 Å². The van der Waals surface area contributed by atoms with Gasteiger partial charge in [-0.05, 0) is 44.5 Å². The molecule has 0 aliphatic heterocycles. The van der Waals surface area contributed by atoms with Crippen LogP contribution in [0, 0.1) is 5.41 Å². The summed E-state index contributed by atoms with van der Waals surface area (Å²) >= 11 is 0. The molecule has 0 saturated heterocycles. The molecule has 1 aromatic rings. The van der Waals surface area contributed by atoms with E-state index in [1.165, 1.54) is 24.0 Å². The van der Waals surface area contributed by atoms with E-state index in [9.17, 15) is 5.11 Å². The van der Waals surface area contributed by atoms with E-state index in [0.29, 0.717) is 12.6 Å². The summed E-state index contributed by atoms with van der Waals surface area (Å²) in [5.74, 6) is 0. The third-order valence-electron chi connectivity index (χ3n) is 4.59. The van der Waals surface area contributed by atoms with Crippen LogP contribution in [0.15, 0.2) is 24.3 Å². The maximum absolute atomic E-state index is 9.83. The fraction of sp³-hybridized carbons (Fsp3) is 0.647. The number of nitrogens with zero attached hydrogens (tertiary/aromatic N) is 1. The number of aliphatic hydroxyl groups excluding tert-OH is 1. The Kier molecular flexibility index (Phi) is 4.64. The standard InChI is InChI=1S/C17H27NO/c1-4-6-14-7-9-15(10-8-14)16(18(2)3)17(13-19)11-5-12-17/h7-10,16,19H,4-6,11-13H2,1-3H3. The molecule has 2 heteroatoms. The van der Waals surface area contributed by atoms with Crippen molar-refractivity contribution in [3.05, 3.63) is 35.4 Å². The largest absolute Gasteiger partial charge is 0.396 e. The highest BCUT2D eigenvalue weighted by Gasteiger charge is 2.45. The number of aryl methyl sites for hydroxylation is 1. The molecule has 1 aliphatic carbocycles. The van der Waals surface area contributed by atoms with Gasteiger partial charge in [-0.2, -0.15) is 0 Å². The van der Waals surface area contributed by atoms with E-state index >= 15 is 0 Å². The van der Waals surface area contributed by atoms with Crippen molar-refractivity contribution in [2.45, 2.75) is 45.1 Å². The molecule has 1 aliphatic rings. The average molecular weight is 261 g/mol. The van der Waals surface area contributed by atoms with Crippen molar-refractivity contribution in [3.63, 3.8) is 0 Å². The van der Waals surface area contributed by atoms with Crippen molar-refractivity contribution >= 4 is 0 Å². The lowest BCUT2D eigenvalue weighted by Crippen LogP contribution is -2.45. The van der Waals surface area contributed by atoms with Crippen LogP contribution in [0.25, 0.3) is 0 Å². The lowest BCUT2D eigenvalue weighted by molar-refractivity contribution is -0.0308. The van der Waals surface area contributed by atoms with E-state index in [-0.39, 0.29) is 5.41 Å².